The van der Waals surface area contributed by atoms with E-state index in [0.717, 1.165) is 17.1 Å². The number of para-hydroxylation sites is 1. The molecule has 1 nitrogen and oxygen atoms in total. The molecule has 0 heterocycles. The summed E-state index contributed by atoms with van der Waals surface area (Å²) in [7, 11) is 0. The van der Waals surface area contributed by atoms with Gasteiger partial charge in [0.25, 0.3) is 0 Å². The molecule has 0 saturated heterocycles. The van der Waals surface area contributed by atoms with E-state index in [2.05, 4.69) is 43.4 Å². The molecule has 0 amide bonds. The van der Waals surface area contributed by atoms with Gasteiger partial charge in [-0.3, -0.25) is 0 Å². The van der Waals surface area contributed by atoms with Crippen LogP contribution >= 0.6 is 11.6 Å². The van der Waals surface area contributed by atoms with Crippen LogP contribution in [0.1, 0.15) is 30.9 Å². The lowest BCUT2D eigenvalue weighted by Gasteiger charge is -2.15. The molecule has 2 heteroatoms. The van der Waals surface area contributed by atoms with Crippen molar-refractivity contribution >= 4 is 17.3 Å². The van der Waals surface area contributed by atoms with Crippen LogP contribution in [0.5, 0.6) is 0 Å². The Hall–Kier alpha value is -1.47. The number of hydrogen-bond donors (Lipinski definition) is 1. The number of benzene rings is 2. The zero-order valence-electron chi connectivity index (χ0n) is 10.8. The van der Waals surface area contributed by atoms with E-state index in [1.807, 2.05) is 24.3 Å². The van der Waals surface area contributed by atoms with E-state index in [4.69, 9.17) is 11.6 Å². The van der Waals surface area contributed by atoms with Crippen LogP contribution in [0.3, 0.4) is 0 Å². The SMILES string of the molecule is CC(C)c1ccccc1NCc1ccccc1Cl. The van der Waals surface area contributed by atoms with Crippen molar-refractivity contribution in [2.24, 2.45) is 0 Å². The first-order chi connectivity index (χ1) is 8.68. The predicted octanol–water partition coefficient (Wildman–Crippen LogP) is 5.08. The summed E-state index contributed by atoms with van der Waals surface area (Å²) in [6.45, 7) is 5.16. The summed E-state index contributed by atoms with van der Waals surface area (Å²) in [6.07, 6.45) is 0. The number of hydrogen-bond acceptors (Lipinski definition) is 1. The number of nitrogens with one attached hydrogen (secondary N) is 1. The molecule has 2 rings (SSSR count). The van der Waals surface area contributed by atoms with E-state index in [1.165, 1.54) is 11.3 Å². The monoisotopic (exact) mass is 259 g/mol. The second-order valence-corrected chi connectivity index (χ2v) is 5.09. The Morgan fingerprint density at radius 3 is 2.39 bits per heavy atom. The van der Waals surface area contributed by atoms with Gasteiger partial charge in [-0.15, -0.1) is 0 Å². The maximum atomic E-state index is 6.15. The molecular weight excluding hydrogens is 242 g/mol. The first kappa shape index (κ1) is 13.0. The Labute approximate surface area is 114 Å². The second-order valence-electron chi connectivity index (χ2n) is 4.69. The predicted molar refractivity (Wildman–Crippen MR) is 79.3 cm³/mol. The quantitative estimate of drug-likeness (QED) is 0.808. The zero-order chi connectivity index (χ0) is 13.0. The zero-order valence-corrected chi connectivity index (χ0v) is 11.5. The molecule has 0 aromatic heterocycles. The van der Waals surface area contributed by atoms with Crippen molar-refractivity contribution in [2.45, 2.75) is 26.3 Å². The van der Waals surface area contributed by atoms with E-state index < -0.39 is 0 Å². The summed E-state index contributed by atoms with van der Waals surface area (Å²) in [5, 5.41) is 4.28. The van der Waals surface area contributed by atoms with Gasteiger partial charge in [0.1, 0.15) is 0 Å². The average Bonchev–Trinajstić information content (AvgIpc) is 2.38. The molecule has 0 saturated carbocycles. The molecule has 0 unspecified atom stereocenters. The summed E-state index contributed by atoms with van der Waals surface area (Å²) >= 11 is 6.15. The van der Waals surface area contributed by atoms with Gasteiger partial charge in [-0.05, 0) is 29.2 Å². The highest BCUT2D eigenvalue weighted by Crippen LogP contribution is 2.25. The van der Waals surface area contributed by atoms with Gasteiger partial charge in [0.2, 0.25) is 0 Å². The Balaban J connectivity index is 2.14. The molecule has 2 aromatic carbocycles. The van der Waals surface area contributed by atoms with E-state index in [-0.39, 0.29) is 0 Å². The number of anilines is 1. The largest absolute Gasteiger partial charge is 0.381 e. The van der Waals surface area contributed by atoms with Crippen LogP contribution in [0.4, 0.5) is 5.69 Å². The van der Waals surface area contributed by atoms with Crippen LogP contribution in [0.15, 0.2) is 48.5 Å². The highest BCUT2D eigenvalue weighted by Gasteiger charge is 2.05. The molecule has 1 N–H and O–H groups in total. The fourth-order valence-electron chi connectivity index (χ4n) is 1.99. The third kappa shape index (κ3) is 3.05. The van der Waals surface area contributed by atoms with Crippen molar-refractivity contribution in [1.29, 1.82) is 0 Å². The van der Waals surface area contributed by atoms with Crippen LogP contribution in [0, 0.1) is 0 Å². The molecule has 2 aromatic rings. The van der Waals surface area contributed by atoms with Gasteiger partial charge >= 0.3 is 0 Å². The van der Waals surface area contributed by atoms with Gasteiger partial charge in [0.05, 0.1) is 0 Å². The van der Waals surface area contributed by atoms with Gasteiger partial charge in [-0.2, -0.15) is 0 Å². The van der Waals surface area contributed by atoms with Gasteiger partial charge < -0.3 is 5.32 Å². The fourth-order valence-corrected chi connectivity index (χ4v) is 2.20. The molecule has 18 heavy (non-hydrogen) atoms. The lowest BCUT2D eigenvalue weighted by Crippen LogP contribution is -2.03. The Morgan fingerprint density at radius 1 is 1.00 bits per heavy atom. The smallest absolute Gasteiger partial charge is 0.0455 e. The van der Waals surface area contributed by atoms with E-state index >= 15 is 0 Å². The molecule has 0 aliphatic heterocycles. The van der Waals surface area contributed by atoms with Crippen LogP contribution in [0.2, 0.25) is 5.02 Å². The molecule has 0 spiro atoms. The Morgan fingerprint density at radius 2 is 1.67 bits per heavy atom. The lowest BCUT2D eigenvalue weighted by molar-refractivity contribution is 0.865. The van der Waals surface area contributed by atoms with Crippen LogP contribution in [0.25, 0.3) is 0 Å². The highest BCUT2D eigenvalue weighted by atomic mass is 35.5. The molecule has 0 bridgehead atoms. The van der Waals surface area contributed by atoms with E-state index in [1.54, 1.807) is 0 Å². The van der Waals surface area contributed by atoms with Crippen molar-refractivity contribution in [1.82, 2.24) is 0 Å². The molecular formula is C16H18ClN. The van der Waals surface area contributed by atoms with Crippen LogP contribution < -0.4 is 5.32 Å². The molecule has 0 aliphatic carbocycles. The van der Waals surface area contributed by atoms with Crippen molar-refractivity contribution < 1.29 is 0 Å². The van der Waals surface area contributed by atoms with Crippen LogP contribution in [-0.4, -0.2) is 0 Å². The van der Waals surface area contributed by atoms with Gasteiger partial charge in [-0.1, -0.05) is 61.8 Å². The van der Waals surface area contributed by atoms with Crippen molar-refractivity contribution in [3.05, 3.63) is 64.7 Å². The Kier molecular flexibility index (Phi) is 4.27. The molecule has 0 fully saturated rings. The summed E-state index contributed by atoms with van der Waals surface area (Å²) < 4.78 is 0. The fraction of sp³-hybridized carbons (Fsp3) is 0.250. The van der Waals surface area contributed by atoms with Crippen LogP contribution in [-0.2, 0) is 6.54 Å². The van der Waals surface area contributed by atoms with E-state index in [0.29, 0.717) is 5.92 Å². The normalized spacial score (nSPS) is 10.7. The maximum Gasteiger partial charge on any atom is 0.0455 e. The highest BCUT2D eigenvalue weighted by molar-refractivity contribution is 6.31. The summed E-state index contributed by atoms with van der Waals surface area (Å²) in [5.74, 6) is 0.514. The number of rotatable bonds is 4. The number of halogens is 1. The standard InChI is InChI=1S/C16H18ClN/c1-12(2)14-8-4-6-10-16(14)18-11-13-7-3-5-9-15(13)17/h3-10,12,18H,11H2,1-2H3. The summed E-state index contributed by atoms with van der Waals surface area (Å²) in [4.78, 5) is 0. The van der Waals surface area contributed by atoms with Gasteiger partial charge in [0.15, 0.2) is 0 Å². The average molecular weight is 260 g/mol. The maximum absolute atomic E-state index is 6.15. The first-order valence-corrected chi connectivity index (χ1v) is 6.62. The van der Waals surface area contributed by atoms with Gasteiger partial charge in [0, 0.05) is 17.3 Å². The molecule has 0 atom stereocenters. The third-order valence-corrected chi connectivity index (χ3v) is 3.38. The summed E-state index contributed by atoms with van der Waals surface area (Å²) in [5.41, 5.74) is 3.65. The van der Waals surface area contributed by atoms with E-state index in [9.17, 15) is 0 Å². The molecule has 0 aliphatic rings. The minimum Gasteiger partial charge on any atom is -0.381 e. The minimum absolute atomic E-state index is 0.514. The van der Waals surface area contributed by atoms with Crippen molar-refractivity contribution in [2.75, 3.05) is 5.32 Å². The Bertz CT molecular complexity index is 520. The van der Waals surface area contributed by atoms with Crippen molar-refractivity contribution in [3.8, 4) is 0 Å². The van der Waals surface area contributed by atoms with Gasteiger partial charge in [-0.25, -0.2) is 0 Å². The molecule has 0 radical (unpaired) electrons. The minimum atomic E-state index is 0.514. The third-order valence-electron chi connectivity index (χ3n) is 3.01. The molecule has 94 valence electrons. The second kappa shape index (κ2) is 5.92. The topological polar surface area (TPSA) is 12.0 Å². The van der Waals surface area contributed by atoms with Crippen molar-refractivity contribution in [3.63, 3.8) is 0 Å². The first-order valence-electron chi connectivity index (χ1n) is 6.24. The summed E-state index contributed by atoms with van der Waals surface area (Å²) in [6, 6.07) is 16.4. The lowest BCUT2D eigenvalue weighted by atomic mass is 10.0.